The minimum Gasteiger partial charge on any atom is -0.478 e. The van der Waals surface area contributed by atoms with Gasteiger partial charge in [-0.25, -0.2) is 9.59 Å². The van der Waals surface area contributed by atoms with Gasteiger partial charge in [0.05, 0.1) is 6.61 Å². The molecule has 3 aliphatic rings. The maximum absolute atomic E-state index is 12.0. The number of hydrogen-bond donors (Lipinski definition) is 2. The summed E-state index contributed by atoms with van der Waals surface area (Å²) in [7, 11) is 0. The number of carbonyl (C=O) groups is 2. The van der Waals surface area contributed by atoms with Gasteiger partial charge in [-0.1, -0.05) is 19.9 Å². The van der Waals surface area contributed by atoms with Crippen LogP contribution in [0.3, 0.4) is 0 Å². The topological polar surface area (TPSA) is 83.8 Å². The van der Waals surface area contributed by atoms with Crippen LogP contribution in [-0.4, -0.2) is 34.4 Å². The molecule has 5 nitrogen and oxygen atoms in total. The fourth-order valence-electron chi connectivity index (χ4n) is 4.79. The molecule has 1 heterocycles. The Labute approximate surface area is 117 Å². The first kappa shape index (κ1) is 13.6. The Morgan fingerprint density at radius 2 is 2.05 bits per heavy atom. The molecular weight excluding hydrogens is 260 g/mol. The van der Waals surface area contributed by atoms with Gasteiger partial charge in [0.15, 0.2) is 5.60 Å². The van der Waals surface area contributed by atoms with E-state index in [9.17, 15) is 19.8 Å². The average molecular weight is 280 g/mol. The number of esters is 1. The number of aliphatic carboxylic acids is 1. The number of allylic oxidation sites excluding steroid dienone is 1. The van der Waals surface area contributed by atoms with Crippen molar-refractivity contribution in [2.75, 3.05) is 6.61 Å². The van der Waals surface area contributed by atoms with E-state index in [1.54, 1.807) is 6.08 Å². The summed E-state index contributed by atoms with van der Waals surface area (Å²) in [4.78, 5) is 23.5. The summed E-state index contributed by atoms with van der Waals surface area (Å²) in [5, 5.41) is 20.2. The van der Waals surface area contributed by atoms with E-state index in [0.29, 0.717) is 12.0 Å². The smallest absolute Gasteiger partial charge is 0.338 e. The van der Waals surface area contributed by atoms with Gasteiger partial charge < -0.3 is 14.9 Å². The van der Waals surface area contributed by atoms with Crippen molar-refractivity contribution in [2.24, 2.45) is 22.7 Å². The van der Waals surface area contributed by atoms with Crippen molar-refractivity contribution in [1.29, 1.82) is 0 Å². The predicted octanol–water partition coefficient (Wildman–Crippen LogP) is 1.36. The molecule has 110 valence electrons. The minimum absolute atomic E-state index is 0.0228. The van der Waals surface area contributed by atoms with Gasteiger partial charge in [-0.15, -0.1) is 0 Å². The first-order chi connectivity index (χ1) is 9.12. The number of aliphatic hydroxyl groups is 1. The molecule has 1 aliphatic heterocycles. The highest BCUT2D eigenvalue weighted by Crippen LogP contribution is 2.68. The van der Waals surface area contributed by atoms with Gasteiger partial charge in [-0.3, -0.25) is 0 Å². The zero-order chi connectivity index (χ0) is 14.9. The lowest BCUT2D eigenvalue weighted by atomic mass is 9.59. The Morgan fingerprint density at radius 1 is 1.40 bits per heavy atom. The van der Waals surface area contributed by atoms with Crippen molar-refractivity contribution in [1.82, 2.24) is 0 Å². The number of rotatable bonds is 1. The van der Waals surface area contributed by atoms with Crippen molar-refractivity contribution < 1.29 is 24.5 Å². The third-order valence-electron chi connectivity index (χ3n) is 5.52. The maximum Gasteiger partial charge on any atom is 0.338 e. The number of hydrogen-bond acceptors (Lipinski definition) is 4. The van der Waals surface area contributed by atoms with Crippen molar-refractivity contribution in [3.05, 3.63) is 11.6 Å². The Bertz CT molecular complexity index is 530. The monoisotopic (exact) mass is 280 g/mol. The minimum atomic E-state index is -1.64. The van der Waals surface area contributed by atoms with Gasteiger partial charge in [-0.2, -0.15) is 0 Å². The van der Waals surface area contributed by atoms with Crippen LogP contribution in [0.15, 0.2) is 11.6 Å². The molecule has 1 saturated carbocycles. The van der Waals surface area contributed by atoms with E-state index >= 15 is 0 Å². The molecule has 0 radical (unpaired) electrons. The molecule has 2 aliphatic carbocycles. The second-order valence-electron chi connectivity index (χ2n) is 7.34. The Morgan fingerprint density at radius 3 is 2.65 bits per heavy atom. The SMILES string of the molecule is CC1(C)CC2C=C(C(=O)O)C3COC(=O)C(C)(O)C23C1. The molecule has 0 aromatic carbocycles. The summed E-state index contributed by atoms with van der Waals surface area (Å²) < 4.78 is 5.07. The molecule has 0 aromatic rings. The molecule has 1 saturated heterocycles. The van der Waals surface area contributed by atoms with Crippen molar-refractivity contribution in [3.63, 3.8) is 0 Å². The van der Waals surface area contributed by atoms with Gasteiger partial charge in [0.1, 0.15) is 0 Å². The van der Waals surface area contributed by atoms with Crippen molar-refractivity contribution in [2.45, 2.75) is 39.2 Å². The van der Waals surface area contributed by atoms with E-state index in [-0.39, 0.29) is 17.9 Å². The fraction of sp³-hybridized carbons (Fsp3) is 0.733. The first-order valence-electron chi connectivity index (χ1n) is 6.96. The lowest BCUT2D eigenvalue weighted by Crippen LogP contribution is -2.61. The number of carboxylic acids is 1. The summed E-state index contributed by atoms with van der Waals surface area (Å²) in [6.45, 7) is 5.73. The standard InChI is InChI=1S/C15H20O5/c1-13(2)5-8-4-9(11(16)17)10-6-20-12(18)14(3,19)15(8,10)7-13/h4,8,10,19H,5-7H2,1-3H3,(H,16,17). The molecule has 1 spiro atoms. The second kappa shape index (κ2) is 3.64. The Kier molecular flexibility index (Phi) is 2.48. The van der Waals surface area contributed by atoms with Crippen molar-refractivity contribution in [3.8, 4) is 0 Å². The third kappa shape index (κ3) is 1.41. The second-order valence-corrected chi connectivity index (χ2v) is 7.34. The molecule has 2 N–H and O–H groups in total. The largest absolute Gasteiger partial charge is 0.478 e. The highest BCUT2D eigenvalue weighted by molar-refractivity contribution is 5.90. The summed E-state index contributed by atoms with van der Waals surface area (Å²) in [5.74, 6) is -2.11. The number of cyclic esters (lactones) is 1. The summed E-state index contributed by atoms with van der Waals surface area (Å²) in [5.41, 5.74) is -2.11. The zero-order valence-electron chi connectivity index (χ0n) is 12.0. The van der Waals surface area contributed by atoms with Gasteiger partial charge >= 0.3 is 11.9 Å². The molecule has 0 amide bonds. The molecule has 3 rings (SSSR count). The van der Waals surface area contributed by atoms with Crippen molar-refractivity contribution >= 4 is 11.9 Å². The number of ether oxygens (including phenoxy) is 1. The highest BCUT2D eigenvalue weighted by Gasteiger charge is 2.71. The lowest BCUT2D eigenvalue weighted by Gasteiger charge is -2.49. The molecule has 5 heteroatoms. The van der Waals surface area contributed by atoms with E-state index in [0.717, 1.165) is 6.42 Å². The lowest BCUT2D eigenvalue weighted by molar-refractivity contribution is -0.208. The van der Waals surface area contributed by atoms with E-state index in [1.165, 1.54) is 6.92 Å². The Balaban J connectivity index is 2.16. The molecule has 0 bridgehead atoms. The van der Waals surface area contributed by atoms with E-state index in [4.69, 9.17) is 4.74 Å². The van der Waals surface area contributed by atoms with E-state index < -0.39 is 28.9 Å². The Hall–Kier alpha value is -1.36. The molecule has 0 aromatic heterocycles. The first-order valence-corrected chi connectivity index (χ1v) is 6.96. The summed E-state index contributed by atoms with van der Waals surface area (Å²) in [6.07, 6.45) is 3.16. The van der Waals surface area contributed by atoms with Crippen LogP contribution in [0.4, 0.5) is 0 Å². The van der Waals surface area contributed by atoms with Gasteiger partial charge in [0, 0.05) is 16.9 Å². The molecule has 4 atom stereocenters. The number of carboxylic acid groups (broad SMARTS) is 1. The predicted molar refractivity (Wildman–Crippen MR) is 69.7 cm³/mol. The average Bonchev–Trinajstić information content (AvgIpc) is 2.73. The van der Waals surface area contributed by atoms with Crippen LogP contribution >= 0.6 is 0 Å². The van der Waals surface area contributed by atoms with Crippen LogP contribution < -0.4 is 0 Å². The van der Waals surface area contributed by atoms with Crippen LogP contribution in [0.1, 0.15) is 33.6 Å². The van der Waals surface area contributed by atoms with Crippen LogP contribution in [0.5, 0.6) is 0 Å². The van der Waals surface area contributed by atoms with Gasteiger partial charge in [0.25, 0.3) is 0 Å². The van der Waals surface area contributed by atoms with E-state index in [1.807, 2.05) is 0 Å². The summed E-state index contributed by atoms with van der Waals surface area (Å²) >= 11 is 0. The molecular formula is C15H20O5. The van der Waals surface area contributed by atoms with Gasteiger partial charge in [0.2, 0.25) is 0 Å². The summed E-state index contributed by atoms with van der Waals surface area (Å²) in [6, 6.07) is 0. The van der Waals surface area contributed by atoms with Crippen LogP contribution in [-0.2, 0) is 14.3 Å². The van der Waals surface area contributed by atoms with Crippen LogP contribution in [0, 0.1) is 22.7 Å². The normalized spacial score (nSPS) is 45.4. The molecule has 20 heavy (non-hydrogen) atoms. The maximum atomic E-state index is 12.0. The zero-order valence-corrected chi connectivity index (χ0v) is 12.0. The fourth-order valence-corrected chi connectivity index (χ4v) is 4.79. The quantitative estimate of drug-likeness (QED) is 0.708. The molecule has 4 unspecified atom stereocenters. The molecule has 2 fully saturated rings. The number of carbonyl (C=O) groups excluding carboxylic acids is 1. The van der Waals surface area contributed by atoms with E-state index in [2.05, 4.69) is 13.8 Å². The third-order valence-corrected chi connectivity index (χ3v) is 5.52. The highest BCUT2D eigenvalue weighted by atomic mass is 16.6. The van der Waals surface area contributed by atoms with Crippen LogP contribution in [0.2, 0.25) is 0 Å². The van der Waals surface area contributed by atoms with Gasteiger partial charge in [-0.05, 0) is 31.1 Å². The van der Waals surface area contributed by atoms with Crippen LogP contribution in [0.25, 0.3) is 0 Å².